The van der Waals surface area contributed by atoms with Gasteiger partial charge in [-0.15, -0.1) is 0 Å². The van der Waals surface area contributed by atoms with Gasteiger partial charge in [0.25, 0.3) is 0 Å². The first-order chi connectivity index (χ1) is 5.75. The van der Waals surface area contributed by atoms with Crippen molar-refractivity contribution in [1.29, 1.82) is 0 Å². The summed E-state index contributed by atoms with van der Waals surface area (Å²) in [5.74, 6) is 1.06. The molecule has 4 heteroatoms. The third-order valence-corrected chi connectivity index (χ3v) is 3.25. The summed E-state index contributed by atoms with van der Waals surface area (Å²) in [6.07, 6.45) is 2.80. The maximum atomic E-state index is 11.3. The number of rotatable bonds is 3. The molecule has 0 aromatic rings. The van der Waals surface area contributed by atoms with Crippen LogP contribution in [0.3, 0.4) is 0 Å². The van der Waals surface area contributed by atoms with Crippen molar-refractivity contribution in [3.05, 3.63) is 0 Å². The third kappa shape index (κ3) is 2.45. The first kappa shape index (κ1) is 9.99. The molecule has 1 aliphatic rings. The highest BCUT2D eigenvalue weighted by atomic mass is 32.2. The van der Waals surface area contributed by atoms with E-state index in [2.05, 4.69) is 6.92 Å². The van der Waals surface area contributed by atoms with Crippen LogP contribution in [-0.4, -0.2) is 27.4 Å². The van der Waals surface area contributed by atoms with Crippen LogP contribution in [0.5, 0.6) is 0 Å². The average molecular weight is 203 g/mol. The molecule has 0 atom stereocenters. The Labute approximate surface area is 82.7 Å². The second-order valence-corrected chi connectivity index (χ2v) is 4.49. The van der Waals surface area contributed by atoms with E-state index in [1.54, 1.807) is 16.7 Å². The number of hydrogen-bond donors (Lipinski definition) is 0. The van der Waals surface area contributed by atoms with Crippen LogP contribution >= 0.6 is 24.0 Å². The molecule has 0 spiro atoms. The van der Waals surface area contributed by atoms with Crippen molar-refractivity contribution in [3.63, 3.8) is 0 Å². The van der Waals surface area contributed by atoms with Gasteiger partial charge in [0.2, 0.25) is 5.91 Å². The van der Waals surface area contributed by atoms with Gasteiger partial charge in [-0.3, -0.25) is 9.69 Å². The number of carbonyl (C=O) groups is 1. The summed E-state index contributed by atoms with van der Waals surface area (Å²) < 4.78 is 0.764. The molecule has 0 aromatic heterocycles. The molecule has 0 N–H and O–H groups in total. The Balaban J connectivity index is 2.45. The van der Waals surface area contributed by atoms with Crippen LogP contribution in [0, 0.1) is 0 Å². The highest BCUT2D eigenvalue weighted by Crippen LogP contribution is 2.18. The van der Waals surface area contributed by atoms with Gasteiger partial charge in [-0.2, -0.15) is 0 Å². The smallest absolute Gasteiger partial charge is 0.228 e. The summed E-state index contributed by atoms with van der Waals surface area (Å²) in [7, 11) is 0. The molecule has 1 fully saturated rings. The summed E-state index contributed by atoms with van der Waals surface area (Å²) in [4.78, 5) is 13.1. The van der Waals surface area contributed by atoms with E-state index in [1.807, 2.05) is 0 Å². The molecule has 0 radical (unpaired) electrons. The highest BCUT2D eigenvalue weighted by molar-refractivity contribution is 8.23. The normalized spacial score (nSPS) is 18.6. The fourth-order valence-corrected chi connectivity index (χ4v) is 2.32. The van der Waals surface area contributed by atoms with Gasteiger partial charge in [-0.25, -0.2) is 0 Å². The second-order valence-electron chi connectivity index (χ2n) is 2.76. The van der Waals surface area contributed by atoms with Gasteiger partial charge in [0.1, 0.15) is 4.32 Å². The molecule has 1 heterocycles. The van der Waals surface area contributed by atoms with Crippen LogP contribution in [0.1, 0.15) is 26.2 Å². The molecule has 1 saturated heterocycles. The zero-order chi connectivity index (χ0) is 8.97. The maximum Gasteiger partial charge on any atom is 0.228 e. The van der Waals surface area contributed by atoms with Crippen molar-refractivity contribution in [2.75, 3.05) is 12.3 Å². The van der Waals surface area contributed by atoms with Gasteiger partial charge in [-0.05, 0) is 6.42 Å². The minimum atomic E-state index is 0.201. The van der Waals surface area contributed by atoms with E-state index >= 15 is 0 Å². The van der Waals surface area contributed by atoms with Crippen molar-refractivity contribution >= 4 is 34.2 Å². The Morgan fingerprint density at radius 1 is 1.67 bits per heavy atom. The number of carbonyl (C=O) groups excluding carboxylic acids is 1. The first-order valence-corrected chi connectivity index (χ1v) is 5.62. The predicted molar refractivity (Wildman–Crippen MR) is 56.3 cm³/mol. The van der Waals surface area contributed by atoms with Gasteiger partial charge in [0.05, 0.1) is 0 Å². The Morgan fingerprint density at radius 3 is 3.00 bits per heavy atom. The fraction of sp³-hybridized carbons (Fsp3) is 0.750. The van der Waals surface area contributed by atoms with E-state index in [4.69, 9.17) is 12.2 Å². The molecule has 1 amide bonds. The monoisotopic (exact) mass is 203 g/mol. The molecule has 1 aliphatic heterocycles. The highest BCUT2D eigenvalue weighted by Gasteiger charge is 2.22. The molecule has 0 bridgehead atoms. The Hall–Kier alpha value is -0.0900. The van der Waals surface area contributed by atoms with Gasteiger partial charge < -0.3 is 0 Å². The van der Waals surface area contributed by atoms with Crippen molar-refractivity contribution in [2.24, 2.45) is 0 Å². The average Bonchev–Trinajstić information content (AvgIpc) is 2.04. The predicted octanol–water partition coefficient (Wildman–Crippen LogP) is 2.04. The molecule has 68 valence electrons. The Morgan fingerprint density at radius 2 is 2.42 bits per heavy atom. The van der Waals surface area contributed by atoms with Gasteiger partial charge in [-0.1, -0.05) is 37.3 Å². The lowest BCUT2D eigenvalue weighted by molar-refractivity contribution is -0.126. The number of hydrogen-bond acceptors (Lipinski definition) is 3. The van der Waals surface area contributed by atoms with Crippen molar-refractivity contribution in [3.8, 4) is 0 Å². The van der Waals surface area contributed by atoms with Gasteiger partial charge >= 0.3 is 0 Å². The van der Waals surface area contributed by atoms with Crippen LogP contribution in [0.25, 0.3) is 0 Å². The van der Waals surface area contributed by atoms with Crippen LogP contribution in [-0.2, 0) is 4.79 Å². The number of nitrogens with zero attached hydrogens (tertiary/aromatic N) is 1. The van der Waals surface area contributed by atoms with E-state index in [9.17, 15) is 4.79 Å². The van der Waals surface area contributed by atoms with Crippen LogP contribution in [0.15, 0.2) is 0 Å². The standard InChI is InChI=1S/C8H13NOS2/c1-2-3-5-9-7(10)4-6-12-8(9)11/h2-6H2,1H3. The van der Waals surface area contributed by atoms with Crippen molar-refractivity contribution < 1.29 is 4.79 Å². The lowest BCUT2D eigenvalue weighted by Crippen LogP contribution is -2.38. The minimum absolute atomic E-state index is 0.201. The van der Waals surface area contributed by atoms with Gasteiger partial charge in [0.15, 0.2) is 0 Å². The van der Waals surface area contributed by atoms with Crippen molar-refractivity contribution in [1.82, 2.24) is 4.90 Å². The van der Waals surface area contributed by atoms with Crippen LogP contribution in [0.2, 0.25) is 0 Å². The van der Waals surface area contributed by atoms with Gasteiger partial charge in [0, 0.05) is 18.7 Å². The summed E-state index contributed by atoms with van der Waals surface area (Å²) in [6.45, 7) is 2.92. The van der Waals surface area contributed by atoms with Crippen molar-refractivity contribution in [2.45, 2.75) is 26.2 Å². The largest absolute Gasteiger partial charge is 0.298 e. The minimum Gasteiger partial charge on any atom is -0.298 e. The molecule has 0 unspecified atom stereocenters. The second kappa shape index (κ2) is 4.82. The topological polar surface area (TPSA) is 20.3 Å². The summed E-state index contributed by atoms with van der Waals surface area (Å²) >= 11 is 6.70. The Bertz CT molecular complexity index is 177. The lowest BCUT2D eigenvalue weighted by Gasteiger charge is -2.26. The number of unbranched alkanes of at least 4 members (excludes halogenated alkanes) is 1. The first-order valence-electron chi connectivity index (χ1n) is 4.23. The quantitative estimate of drug-likeness (QED) is 0.655. The van der Waals surface area contributed by atoms with E-state index in [-0.39, 0.29) is 5.91 Å². The number of amides is 1. The molecule has 0 saturated carbocycles. The molecular formula is C8H13NOS2. The zero-order valence-corrected chi connectivity index (χ0v) is 8.84. The summed E-state index contributed by atoms with van der Waals surface area (Å²) in [5, 5.41) is 0. The third-order valence-electron chi connectivity index (χ3n) is 1.80. The number of thiocarbonyl (C=S) groups is 1. The molecule has 0 aliphatic carbocycles. The molecule has 12 heavy (non-hydrogen) atoms. The zero-order valence-electron chi connectivity index (χ0n) is 7.21. The fourth-order valence-electron chi connectivity index (χ4n) is 1.07. The summed E-state index contributed by atoms with van der Waals surface area (Å²) in [6, 6.07) is 0. The van der Waals surface area contributed by atoms with Crippen LogP contribution in [0.4, 0.5) is 0 Å². The molecule has 1 rings (SSSR count). The van der Waals surface area contributed by atoms with Crippen LogP contribution < -0.4 is 0 Å². The maximum absolute atomic E-state index is 11.3. The molecule has 0 aromatic carbocycles. The summed E-state index contributed by atoms with van der Waals surface area (Å²) in [5.41, 5.74) is 0. The SMILES string of the molecule is CCCCN1C(=O)CCSC1=S. The van der Waals surface area contributed by atoms with E-state index in [0.717, 1.165) is 29.5 Å². The number of thioether (sulfide) groups is 1. The lowest BCUT2D eigenvalue weighted by atomic mass is 10.3. The Kier molecular flexibility index (Phi) is 4.01. The van der Waals surface area contributed by atoms with E-state index in [1.165, 1.54) is 0 Å². The van der Waals surface area contributed by atoms with E-state index < -0.39 is 0 Å². The molecular weight excluding hydrogens is 190 g/mol. The molecule has 2 nitrogen and oxygen atoms in total. The van der Waals surface area contributed by atoms with E-state index in [0.29, 0.717) is 6.42 Å².